The third-order valence-corrected chi connectivity index (χ3v) is 3.39. The van der Waals surface area contributed by atoms with Crippen LogP contribution in [0.3, 0.4) is 0 Å². The minimum Gasteiger partial charge on any atom is -0.325 e. The van der Waals surface area contributed by atoms with Crippen molar-refractivity contribution >= 4 is 22.4 Å². The van der Waals surface area contributed by atoms with Gasteiger partial charge in [0.25, 0.3) is 0 Å². The Bertz CT molecular complexity index is 372. The number of amides is 1. The molecule has 0 aromatic carbocycles. The second-order valence-corrected chi connectivity index (χ2v) is 5.25. The third-order valence-electron chi connectivity index (χ3n) is 2.63. The third kappa shape index (κ3) is 2.51. The van der Waals surface area contributed by atoms with E-state index in [2.05, 4.69) is 15.5 Å². The SMILES string of the molecule is Cc1nnc(NC(=O)CC2(N)CCC2)s1. The number of nitrogens with one attached hydrogen (secondary N) is 1. The quantitative estimate of drug-likeness (QED) is 0.807. The standard InChI is InChI=1S/C9H14N4OS/c1-6-12-13-8(15-6)11-7(14)5-9(10)3-2-4-9/h2-5,10H2,1H3,(H,11,13,14). The lowest BCUT2D eigenvalue weighted by molar-refractivity contribution is -0.118. The molecule has 0 saturated heterocycles. The second kappa shape index (κ2) is 3.86. The van der Waals surface area contributed by atoms with Gasteiger partial charge in [-0.25, -0.2) is 0 Å². The molecule has 1 aromatic heterocycles. The fraction of sp³-hybridized carbons (Fsp3) is 0.667. The van der Waals surface area contributed by atoms with Gasteiger partial charge in [0.1, 0.15) is 5.01 Å². The average molecular weight is 226 g/mol. The van der Waals surface area contributed by atoms with E-state index in [4.69, 9.17) is 5.73 Å². The maximum atomic E-state index is 11.6. The highest BCUT2D eigenvalue weighted by Gasteiger charge is 2.34. The Morgan fingerprint density at radius 3 is 2.80 bits per heavy atom. The van der Waals surface area contributed by atoms with Gasteiger partial charge >= 0.3 is 0 Å². The summed E-state index contributed by atoms with van der Waals surface area (Å²) in [5, 5.41) is 11.8. The number of hydrogen-bond donors (Lipinski definition) is 2. The zero-order valence-electron chi connectivity index (χ0n) is 8.62. The number of hydrogen-bond acceptors (Lipinski definition) is 5. The zero-order valence-corrected chi connectivity index (χ0v) is 9.43. The molecule has 0 radical (unpaired) electrons. The fourth-order valence-corrected chi connectivity index (χ4v) is 2.25. The number of aromatic nitrogens is 2. The van der Waals surface area contributed by atoms with Crippen molar-refractivity contribution in [2.45, 2.75) is 38.1 Å². The van der Waals surface area contributed by atoms with E-state index < -0.39 is 0 Å². The molecule has 1 fully saturated rings. The molecule has 5 nitrogen and oxygen atoms in total. The summed E-state index contributed by atoms with van der Waals surface area (Å²) in [6, 6.07) is 0. The number of nitrogens with two attached hydrogens (primary N) is 1. The topological polar surface area (TPSA) is 80.9 Å². The monoisotopic (exact) mass is 226 g/mol. The number of carbonyl (C=O) groups excluding carboxylic acids is 1. The fourth-order valence-electron chi connectivity index (χ4n) is 1.64. The van der Waals surface area contributed by atoms with Gasteiger partial charge in [-0.15, -0.1) is 10.2 Å². The molecule has 82 valence electrons. The Hall–Kier alpha value is -1.01. The molecule has 1 saturated carbocycles. The van der Waals surface area contributed by atoms with Gasteiger partial charge in [-0.2, -0.15) is 0 Å². The van der Waals surface area contributed by atoms with E-state index in [0.29, 0.717) is 11.6 Å². The van der Waals surface area contributed by atoms with E-state index in [1.807, 2.05) is 6.92 Å². The van der Waals surface area contributed by atoms with Crippen molar-refractivity contribution in [1.29, 1.82) is 0 Å². The van der Waals surface area contributed by atoms with Crippen molar-refractivity contribution in [3.05, 3.63) is 5.01 Å². The van der Waals surface area contributed by atoms with Crippen molar-refractivity contribution in [3.63, 3.8) is 0 Å². The molecule has 0 spiro atoms. The van der Waals surface area contributed by atoms with Gasteiger partial charge < -0.3 is 11.1 Å². The van der Waals surface area contributed by atoms with Crippen LogP contribution in [0.5, 0.6) is 0 Å². The molecule has 0 atom stereocenters. The Morgan fingerprint density at radius 2 is 2.33 bits per heavy atom. The lowest BCUT2D eigenvalue weighted by Crippen LogP contribution is -2.48. The Labute approximate surface area is 92.1 Å². The van der Waals surface area contributed by atoms with E-state index in [9.17, 15) is 4.79 Å². The van der Waals surface area contributed by atoms with Crippen LogP contribution >= 0.6 is 11.3 Å². The van der Waals surface area contributed by atoms with E-state index in [1.54, 1.807) is 0 Å². The van der Waals surface area contributed by atoms with Crippen LogP contribution in [0.25, 0.3) is 0 Å². The molecule has 2 rings (SSSR count). The summed E-state index contributed by atoms with van der Waals surface area (Å²) < 4.78 is 0. The van der Waals surface area contributed by atoms with Crippen LogP contribution in [-0.2, 0) is 4.79 Å². The Balaban J connectivity index is 1.87. The lowest BCUT2D eigenvalue weighted by Gasteiger charge is -2.37. The van der Waals surface area contributed by atoms with Gasteiger partial charge in [0.15, 0.2) is 0 Å². The van der Waals surface area contributed by atoms with Crippen molar-refractivity contribution in [1.82, 2.24) is 10.2 Å². The van der Waals surface area contributed by atoms with Gasteiger partial charge in [-0.3, -0.25) is 4.79 Å². The Kier molecular flexibility index (Phi) is 2.70. The first-order valence-corrected chi connectivity index (χ1v) is 5.78. The molecule has 3 N–H and O–H groups in total. The smallest absolute Gasteiger partial charge is 0.228 e. The maximum Gasteiger partial charge on any atom is 0.228 e. The van der Waals surface area contributed by atoms with Crippen LogP contribution in [0.1, 0.15) is 30.7 Å². The predicted octanol–water partition coefficient (Wildman–Crippen LogP) is 1.06. The highest BCUT2D eigenvalue weighted by atomic mass is 32.1. The first-order chi connectivity index (χ1) is 7.07. The van der Waals surface area contributed by atoms with Crippen LogP contribution in [0.2, 0.25) is 0 Å². The molecule has 6 heteroatoms. The summed E-state index contributed by atoms with van der Waals surface area (Å²) in [5.41, 5.74) is 5.70. The number of nitrogens with zero attached hydrogens (tertiary/aromatic N) is 2. The highest BCUT2D eigenvalue weighted by molar-refractivity contribution is 7.15. The van der Waals surface area contributed by atoms with Gasteiger partial charge in [-0.05, 0) is 26.2 Å². The number of aryl methyl sites for hydroxylation is 1. The van der Waals surface area contributed by atoms with Gasteiger partial charge in [0.05, 0.1) is 0 Å². The molecule has 15 heavy (non-hydrogen) atoms. The lowest BCUT2D eigenvalue weighted by atomic mass is 9.75. The Morgan fingerprint density at radius 1 is 1.60 bits per heavy atom. The molecule has 0 bridgehead atoms. The minimum absolute atomic E-state index is 0.0617. The van der Waals surface area contributed by atoms with Crippen LogP contribution in [-0.4, -0.2) is 21.6 Å². The van der Waals surface area contributed by atoms with Crippen molar-refractivity contribution in [2.75, 3.05) is 5.32 Å². The van der Waals surface area contributed by atoms with E-state index in [1.165, 1.54) is 11.3 Å². The summed E-state index contributed by atoms with van der Waals surface area (Å²) >= 11 is 1.37. The van der Waals surface area contributed by atoms with E-state index in [-0.39, 0.29) is 11.4 Å². The summed E-state index contributed by atoms with van der Waals surface area (Å²) in [6.45, 7) is 1.85. The molecule has 1 heterocycles. The van der Waals surface area contributed by atoms with Gasteiger partial charge in [-0.1, -0.05) is 11.3 Å². The largest absolute Gasteiger partial charge is 0.325 e. The van der Waals surface area contributed by atoms with Crippen LogP contribution in [0, 0.1) is 6.92 Å². The number of anilines is 1. The number of carbonyl (C=O) groups is 1. The summed E-state index contributed by atoms with van der Waals surface area (Å²) in [6.07, 6.45) is 3.39. The van der Waals surface area contributed by atoms with Crippen molar-refractivity contribution in [2.24, 2.45) is 5.73 Å². The molecule has 1 aliphatic rings. The summed E-state index contributed by atoms with van der Waals surface area (Å²) in [5.74, 6) is -0.0617. The molecule has 1 aromatic rings. The molecule has 0 aliphatic heterocycles. The molecule has 1 aliphatic carbocycles. The first kappa shape index (κ1) is 10.5. The molecule has 0 unspecified atom stereocenters. The van der Waals surface area contributed by atoms with Gasteiger partial charge in [0.2, 0.25) is 11.0 Å². The first-order valence-electron chi connectivity index (χ1n) is 4.96. The van der Waals surface area contributed by atoms with E-state index in [0.717, 1.165) is 24.3 Å². The summed E-state index contributed by atoms with van der Waals surface area (Å²) in [4.78, 5) is 11.6. The average Bonchev–Trinajstić information content (AvgIpc) is 2.48. The van der Waals surface area contributed by atoms with Crippen molar-refractivity contribution in [3.8, 4) is 0 Å². The minimum atomic E-state index is -0.274. The highest BCUT2D eigenvalue weighted by Crippen LogP contribution is 2.32. The van der Waals surface area contributed by atoms with Gasteiger partial charge in [0, 0.05) is 12.0 Å². The molecular formula is C9H14N4OS. The van der Waals surface area contributed by atoms with Crippen LogP contribution < -0.4 is 11.1 Å². The normalized spacial score (nSPS) is 18.3. The summed E-state index contributed by atoms with van der Waals surface area (Å²) in [7, 11) is 0. The number of rotatable bonds is 3. The zero-order chi connectivity index (χ0) is 10.9. The maximum absolute atomic E-state index is 11.6. The predicted molar refractivity (Wildman–Crippen MR) is 58.7 cm³/mol. The molecular weight excluding hydrogens is 212 g/mol. The van der Waals surface area contributed by atoms with E-state index >= 15 is 0 Å². The van der Waals surface area contributed by atoms with Crippen LogP contribution in [0.15, 0.2) is 0 Å². The second-order valence-electron chi connectivity index (χ2n) is 4.07. The van der Waals surface area contributed by atoms with Crippen LogP contribution in [0.4, 0.5) is 5.13 Å². The molecule has 1 amide bonds. The van der Waals surface area contributed by atoms with Crippen molar-refractivity contribution < 1.29 is 4.79 Å².